The van der Waals surface area contributed by atoms with Gasteiger partial charge in [0.1, 0.15) is 0 Å². The summed E-state index contributed by atoms with van der Waals surface area (Å²) < 4.78 is 0. The van der Waals surface area contributed by atoms with Crippen LogP contribution in [0.1, 0.15) is 16.8 Å². The van der Waals surface area contributed by atoms with Gasteiger partial charge in [0.05, 0.1) is 12.2 Å². The van der Waals surface area contributed by atoms with Crippen molar-refractivity contribution >= 4 is 5.91 Å². The molecule has 3 N–H and O–H groups in total. The maximum Gasteiger partial charge on any atom is 0.254 e. The lowest BCUT2D eigenvalue weighted by molar-refractivity contribution is 0.0759. The third-order valence-corrected chi connectivity index (χ3v) is 3.37. The van der Waals surface area contributed by atoms with E-state index in [0.717, 1.165) is 13.0 Å². The van der Waals surface area contributed by atoms with Gasteiger partial charge in [-0.15, -0.1) is 0 Å². The number of nitrogens with one attached hydrogen (secondary N) is 1. The van der Waals surface area contributed by atoms with E-state index in [1.807, 2.05) is 0 Å². The second kappa shape index (κ2) is 6.53. The number of nitrogens with zero attached hydrogens (tertiary/aromatic N) is 2. The number of aromatic hydroxyl groups is 1. The molecular weight excluding hydrogens is 262 g/mol. The predicted molar refractivity (Wildman–Crippen MR) is 72.8 cm³/mol. The Balaban J connectivity index is 2.07. The molecule has 1 fully saturated rings. The van der Waals surface area contributed by atoms with Crippen molar-refractivity contribution in [1.82, 2.24) is 14.8 Å². The molecule has 0 aliphatic carbocycles. The van der Waals surface area contributed by atoms with Crippen molar-refractivity contribution in [3.05, 3.63) is 28.0 Å². The number of aromatic amines is 1. The van der Waals surface area contributed by atoms with Gasteiger partial charge in [-0.1, -0.05) is 0 Å². The Morgan fingerprint density at radius 1 is 1.25 bits per heavy atom. The lowest BCUT2D eigenvalue weighted by Gasteiger charge is -2.21. The first-order valence-corrected chi connectivity index (χ1v) is 6.66. The van der Waals surface area contributed by atoms with E-state index in [0.29, 0.717) is 26.2 Å². The standard InChI is InChI=1S/C13H19N3O4/c17-7-6-15-2-1-3-16(5-4-15)13(20)10-8-11(18)14-12(19)9-10/h8-9,17H,1-7H2,(H2,14,18,19). The maximum atomic E-state index is 12.3. The molecule has 7 heteroatoms. The molecule has 20 heavy (non-hydrogen) atoms. The van der Waals surface area contributed by atoms with Crippen molar-refractivity contribution in [3.8, 4) is 5.88 Å². The summed E-state index contributed by atoms with van der Waals surface area (Å²) in [5.74, 6) is -0.560. The number of hydrogen-bond acceptors (Lipinski definition) is 5. The molecular formula is C13H19N3O4. The Morgan fingerprint density at radius 3 is 2.75 bits per heavy atom. The molecule has 0 spiro atoms. The molecule has 0 atom stereocenters. The Kier molecular flexibility index (Phi) is 4.75. The molecule has 1 aromatic heterocycles. The fourth-order valence-electron chi connectivity index (χ4n) is 2.37. The average Bonchev–Trinajstić information content (AvgIpc) is 2.63. The van der Waals surface area contributed by atoms with Crippen molar-refractivity contribution < 1.29 is 15.0 Å². The fourth-order valence-corrected chi connectivity index (χ4v) is 2.37. The Labute approximate surface area is 116 Å². The van der Waals surface area contributed by atoms with E-state index in [2.05, 4.69) is 9.88 Å². The topological polar surface area (TPSA) is 96.9 Å². The van der Waals surface area contributed by atoms with E-state index in [4.69, 9.17) is 5.11 Å². The second-order valence-electron chi connectivity index (χ2n) is 4.83. The summed E-state index contributed by atoms with van der Waals surface area (Å²) in [5, 5.41) is 18.3. The quantitative estimate of drug-likeness (QED) is 0.675. The van der Waals surface area contributed by atoms with Gasteiger partial charge in [-0.3, -0.25) is 19.5 Å². The van der Waals surface area contributed by atoms with Gasteiger partial charge >= 0.3 is 0 Å². The van der Waals surface area contributed by atoms with E-state index in [9.17, 15) is 14.7 Å². The summed E-state index contributed by atoms with van der Waals surface area (Å²) in [5.41, 5.74) is -0.299. The molecule has 1 saturated heterocycles. The normalized spacial score (nSPS) is 16.9. The molecule has 0 saturated carbocycles. The number of rotatable bonds is 3. The highest BCUT2D eigenvalue weighted by molar-refractivity contribution is 5.94. The summed E-state index contributed by atoms with van der Waals surface area (Å²) >= 11 is 0. The highest BCUT2D eigenvalue weighted by Crippen LogP contribution is 2.10. The van der Waals surface area contributed by atoms with Crippen LogP contribution in [0.2, 0.25) is 0 Å². The average molecular weight is 281 g/mol. The van der Waals surface area contributed by atoms with Crippen LogP contribution >= 0.6 is 0 Å². The molecule has 2 heterocycles. The van der Waals surface area contributed by atoms with Gasteiger partial charge < -0.3 is 15.1 Å². The van der Waals surface area contributed by atoms with Crippen LogP contribution in [0.3, 0.4) is 0 Å². The van der Waals surface area contributed by atoms with E-state index in [1.165, 1.54) is 12.1 Å². The maximum absolute atomic E-state index is 12.3. The van der Waals surface area contributed by atoms with E-state index < -0.39 is 5.56 Å². The van der Waals surface area contributed by atoms with Crippen LogP contribution in [-0.4, -0.2) is 70.2 Å². The summed E-state index contributed by atoms with van der Waals surface area (Å²) in [4.78, 5) is 29.6. The van der Waals surface area contributed by atoms with Crippen LogP contribution in [0, 0.1) is 0 Å². The minimum absolute atomic E-state index is 0.107. The van der Waals surface area contributed by atoms with Gasteiger partial charge in [-0.2, -0.15) is 0 Å². The number of H-pyrrole nitrogens is 1. The van der Waals surface area contributed by atoms with Crippen LogP contribution in [0.5, 0.6) is 5.88 Å². The van der Waals surface area contributed by atoms with Crippen molar-refractivity contribution in [3.63, 3.8) is 0 Å². The molecule has 0 bridgehead atoms. The zero-order valence-corrected chi connectivity index (χ0v) is 11.2. The second-order valence-corrected chi connectivity index (χ2v) is 4.83. The van der Waals surface area contributed by atoms with Gasteiger partial charge in [0, 0.05) is 38.3 Å². The Morgan fingerprint density at radius 2 is 2.05 bits per heavy atom. The van der Waals surface area contributed by atoms with Crippen LogP contribution in [0.25, 0.3) is 0 Å². The number of hydrogen-bond donors (Lipinski definition) is 3. The molecule has 7 nitrogen and oxygen atoms in total. The lowest BCUT2D eigenvalue weighted by Crippen LogP contribution is -2.36. The van der Waals surface area contributed by atoms with Crippen molar-refractivity contribution in [1.29, 1.82) is 0 Å². The van der Waals surface area contributed by atoms with Crippen molar-refractivity contribution in [2.24, 2.45) is 0 Å². The molecule has 0 radical (unpaired) electrons. The molecule has 1 aromatic rings. The number of carbonyl (C=O) groups excluding carboxylic acids is 1. The highest BCUT2D eigenvalue weighted by Gasteiger charge is 2.20. The van der Waals surface area contributed by atoms with E-state index >= 15 is 0 Å². The van der Waals surface area contributed by atoms with E-state index in [1.54, 1.807) is 4.90 Å². The first-order chi connectivity index (χ1) is 9.60. The van der Waals surface area contributed by atoms with Crippen LogP contribution in [0.15, 0.2) is 16.9 Å². The Hall–Kier alpha value is -1.86. The summed E-state index contributed by atoms with van der Waals surface area (Å²) in [7, 11) is 0. The third kappa shape index (κ3) is 3.58. The monoisotopic (exact) mass is 281 g/mol. The smallest absolute Gasteiger partial charge is 0.254 e. The van der Waals surface area contributed by atoms with Crippen molar-refractivity contribution in [2.45, 2.75) is 6.42 Å². The van der Waals surface area contributed by atoms with Gasteiger partial charge in [0.25, 0.3) is 11.5 Å². The van der Waals surface area contributed by atoms with Gasteiger partial charge in [0.15, 0.2) is 5.88 Å². The minimum atomic E-state index is -0.495. The first kappa shape index (κ1) is 14.5. The van der Waals surface area contributed by atoms with Crippen LogP contribution in [-0.2, 0) is 0 Å². The number of aliphatic hydroxyl groups excluding tert-OH is 1. The van der Waals surface area contributed by atoms with E-state index in [-0.39, 0.29) is 24.0 Å². The van der Waals surface area contributed by atoms with Gasteiger partial charge in [0.2, 0.25) is 0 Å². The zero-order valence-electron chi connectivity index (χ0n) is 11.2. The SMILES string of the molecule is O=C(c1cc(O)[nH]c(=O)c1)N1CCCN(CCO)CC1. The molecule has 1 amide bonds. The number of aromatic nitrogens is 1. The number of β-amino-alcohol motifs (C(OH)–C–C–N with tert-alkyl or cyclic N) is 1. The highest BCUT2D eigenvalue weighted by atomic mass is 16.3. The fraction of sp³-hybridized carbons (Fsp3) is 0.538. The lowest BCUT2D eigenvalue weighted by atomic mass is 10.2. The van der Waals surface area contributed by atoms with Gasteiger partial charge in [-0.05, 0) is 13.0 Å². The number of carbonyl (C=O) groups is 1. The zero-order chi connectivity index (χ0) is 14.5. The van der Waals surface area contributed by atoms with Crippen LogP contribution in [0.4, 0.5) is 0 Å². The molecule has 1 aliphatic heterocycles. The number of amides is 1. The number of aliphatic hydroxyl groups is 1. The summed E-state index contributed by atoms with van der Waals surface area (Å²) in [6, 6.07) is 2.46. The Bertz CT molecular complexity index is 529. The van der Waals surface area contributed by atoms with Crippen molar-refractivity contribution in [2.75, 3.05) is 39.3 Å². The van der Waals surface area contributed by atoms with Gasteiger partial charge in [-0.25, -0.2) is 0 Å². The molecule has 2 rings (SSSR count). The summed E-state index contributed by atoms with van der Waals surface area (Å²) in [6.07, 6.45) is 0.820. The minimum Gasteiger partial charge on any atom is -0.494 e. The predicted octanol–water partition coefficient (Wildman–Crippen LogP) is -0.779. The molecule has 0 aromatic carbocycles. The largest absolute Gasteiger partial charge is 0.494 e. The molecule has 110 valence electrons. The number of pyridine rings is 1. The van der Waals surface area contributed by atoms with Crippen LogP contribution < -0.4 is 5.56 Å². The molecule has 0 unspecified atom stereocenters. The third-order valence-electron chi connectivity index (χ3n) is 3.37. The summed E-state index contributed by atoms with van der Waals surface area (Å²) in [6.45, 7) is 3.40. The first-order valence-electron chi connectivity index (χ1n) is 6.66. The molecule has 1 aliphatic rings.